The van der Waals surface area contributed by atoms with Crippen molar-refractivity contribution in [1.82, 2.24) is 20.2 Å². The number of thioether (sulfide) groups is 1. The van der Waals surface area contributed by atoms with Gasteiger partial charge in [0.2, 0.25) is 11.1 Å². The van der Waals surface area contributed by atoms with Crippen LogP contribution in [0.2, 0.25) is 0 Å². The summed E-state index contributed by atoms with van der Waals surface area (Å²) in [5.41, 5.74) is 7.14. The van der Waals surface area contributed by atoms with Gasteiger partial charge in [-0.15, -0.1) is 5.10 Å². The maximum Gasteiger partial charge on any atom is 0.237 e. The number of anilines is 2. The molecule has 21 heavy (non-hydrogen) atoms. The van der Waals surface area contributed by atoms with E-state index in [1.54, 1.807) is 28.8 Å². The summed E-state index contributed by atoms with van der Waals surface area (Å²) in [5, 5.41) is 12.3. The number of carbonyl (C=O) groups excluding carboxylic acids is 1. The number of hydrogen-bond acceptors (Lipinski definition) is 6. The zero-order valence-corrected chi connectivity index (χ0v) is 12.5. The molecule has 0 aliphatic heterocycles. The van der Waals surface area contributed by atoms with E-state index in [-0.39, 0.29) is 5.91 Å². The van der Waals surface area contributed by atoms with Crippen molar-refractivity contribution in [3.05, 3.63) is 24.3 Å². The average Bonchev–Trinajstić information content (AvgIpc) is 3.23. The number of tetrazole rings is 1. The molecule has 1 aliphatic rings. The Morgan fingerprint density at radius 3 is 2.81 bits per heavy atom. The molecule has 3 rings (SSSR count). The maximum absolute atomic E-state index is 12.2. The molecule has 1 aromatic heterocycles. The Bertz CT molecular complexity index is 636. The molecule has 1 fully saturated rings. The van der Waals surface area contributed by atoms with E-state index in [1.165, 1.54) is 11.8 Å². The fraction of sp³-hybridized carbons (Fsp3) is 0.385. The van der Waals surface area contributed by atoms with Crippen LogP contribution in [0.3, 0.4) is 0 Å². The Morgan fingerprint density at radius 1 is 1.43 bits per heavy atom. The molecule has 1 amide bonds. The van der Waals surface area contributed by atoms with Crippen molar-refractivity contribution < 1.29 is 4.79 Å². The van der Waals surface area contributed by atoms with Gasteiger partial charge in [-0.1, -0.05) is 11.8 Å². The van der Waals surface area contributed by atoms with Crippen LogP contribution < -0.4 is 10.6 Å². The molecule has 1 aliphatic carbocycles. The molecule has 0 saturated heterocycles. The third kappa shape index (κ3) is 3.15. The Hall–Kier alpha value is -2.09. The third-order valence-corrected chi connectivity index (χ3v) is 4.25. The molecule has 0 radical (unpaired) electrons. The molecule has 0 spiro atoms. The van der Waals surface area contributed by atoms with E-state index in [2.05, 4.69) is 15.5 Å². The SMILES string of the molecule is CN(C(=O)CSc1nnnn1C1CC1)c1ccc(N)cc1. The smallest absolute Gasteiger partial charge is 0.237 e. The second-order valence-corrected chi connectivity index (χ2v) is 5.91. The van der Waals surface area contributed by atoms with Crippen LogP contribution in [0.25, 0.3) is 0 Å². The number of amides is 1. The van der Waals surface area contributed by atoms with E-state index in [9.17, 15) is 4.79 Å². The number of aromatic nitrogens is 4. The first-order valence-corrected chi connectivity index (χ1v) is 7.66. The van der Waals surface area contributed by atoms with Crippen LogP contribution >= 0.6 is 11.8 Å². The first kappa shape index (κ1) is 13.9. The largest absolute Gasteiger partial charge is 0.399 e. The van der Waals surface area contributed by atoms with Gasteiger partial charge in [-0.25, -0.2) is 4.68 Å². The summed E-state index contributed by atoms with van der Waals surface area (Å²) in [6, 6.07) is 7.62. The molecule has 2 N–H and O–H groups in total. The van der Waals surface area contributed by atoms with Gasteiger partial charge in [0.05, 0.1) is 11.8 Å². The minimum Gasteiger partial charge on any atom is -0.399 e. The number of nitrogen functional groups attached to an aromatic ring is 1. The fourth-order valence-electron chi connectivity index (χ4n) is 1.89. The first-order valence-electron chi connectivity index (χ1n) is 6.68. The van der Waals surface area contributed by atoms with Gasteiger partial charge in [0.25, 0.3) is 0 Å². The highest BCUT2D eigenvalue weighted by atomic mass is 32.2. The molecule has 7 nitrogen and oxygen atoms in total. The predicted octanol–water partition coefficient (Wildman–Crippen LogP) is 1.35. The Morgan fingerprint density at radius 2 is 2.14 bits per heavy atom. The van der Waals surface area contributed by atoms with Crippen LogP contribution in [0.1, 0.15) is 18.9 Å². The lowest BCUT2D eigenvalue weighted by Crippen LogP contribution is -2.28. The topological polar surface area (TPSA) is 89.9 Å². The van der Waals surface area contributed by atoms with Gasteiger partial charge in [-0.05, 0) is 47.5 Å². The van der Waals surface area contributed by atoms with Gasteiger partial charge in [-0.2, -0.15) is 0 Å². The summed E-state index contributed by atoms with van der Waals surface area (Å²) in [6.07, 6.45) is 2.22. The van der Waals surface area contributed by atoms with Crippen molar-refractivity contribution in [3.8, 4) is 0 Å². The summed E-state index contributed by atoms with van der Waals surface area (Å²) in [7, 11) is 1.75. The lowest BCUT2D eigenvalue weighted by atomic mass is 10.2. The van der Waals surface area contributed by atoms with Crippen molar-refractivity contribution in [2.75, 3.05) is 23.4 Å². The quantitative estimate of drug-likeness (QED) is 0.662. The Balaban J connectivity index is 1.60. The highest BCUT2D eigenvalue weighted by Gasteiger charge is 2.28. The zero-order valence-electron chi connectivity index (χ0n) is 11.6. The van der Waals surface area contributed by atoms with Crippen LogP contribution in [0, 0.1) is 0 Å². The number of benzene rings is 1. The molecule has 1 saturated carbocycles. The minimum absolute atomic E-state index is 0.00452. The number of nitrogens with two attached hydrogens (primary N) is 1. The van der Waals surface area contributed by atoms with Crippen LogP contribution in [-0.2, 0) is 4.79 Å². The molecular formula is C13H16N6OS. The van der Waals surface area contributed by atoms with Crippen LogP contribution in [0.4, 0.5) is 11.4 Å². The molecule has 110 valence electrons. The molecule has 0 bridgehead atoms. The predicted molar refractivity (Wildman–Crippen MR) is 81.1 cm³/mol. The van der Waals surface area contributed by atoms with Crippen molar-refractivity contribution in [1.29, 1.82) is 0 Å². The zero-order chi connectivity index (χ0) is 14.8. The lowest BCUT2D eigenvalue weighted by molar-refractivity contribution is -0.115. The van der Waals surface area contributed by atoms with Gasteiger partial charge in [-0.3, -0.25) is 4.79 Å². The van der Waals surface area contributed by atoms with Crippen LogP contribution in [-0.4, -0.2) is 38.9 Å². The molecular weight excluding hydrogens is 288 g/mol. The van der Waals surface area contributed by atoms with E-state index < -0.39 is 0 Å². The van der Waals surface area contributed by atoms with Gasteiger partial charge in [0.15, 0.2) is 0 Å². The van der Waals surface area contributed by atoms with Gasteiger partial charge in [0, 0.05) is 18.4 Å². The second-order valence-electron chi connectivity index (χ2n) is 4.97. The van der Waals surface area contributed by atoms with Gasteiger partial charge >= 0.3 is 0 Å². The normalized spacial score (nSPS) is 14.1. The molecule has 1 aromatic carbocycles. The number of nitrogens with zero attached hydrogens (tertiary/aromatic N) is 5. The lowest BCUT2D eigenvalue weighted by Gasteiger charge is -2.17. The summed E-state index contributed by atoms with van der Waals surface area (Å²) in [4.78, 5) is 13.8. The molecule has 0 atom stereocenters. The molecule has 8 heteroatoms. The average molecular weight is 304 g/mol. The van der Waals surface area contributed by atoms with E-state index in [0.717, 1.165) is 18.5 Å². The Labute approximate surface area is 126 Å². The van der Waals surface area contributed by atoms with E-state index >= 15 is 0 Å². The fourth-order valence-corrected chi connectivity index (χ4v) is 2.75. The summed E-state index contributed by atoms with van der Waals surface area (Å²) >= 11 is 1.37. The van der Waals surface area contributed by atoms with Crippen molar-refractivity contribution in [2.45, 2.75) is 24.0 Å². The number of rotatable bonds is 5. The second kappa shape index (κ2) is 5.72. The summed E-state index contributed by atoms with van der Waals surface area (Å²) in [6.45, 7) is 0. The number of hydrogen-bond donors (Lipinski definition) is 1. The molecule has 0 unspecified atom stereocenters. The summed E-state index contributed by atoms with van der Waals surface area (Å²) < 4.78 is 1.81. The van der Waals surface area contributed by atoms with Gasteiger partial charge < -0.3 is 10.6 Å². The standard InChI is InChI=1S/C13H16N6OS/c1-18(10-4-2-9(14)3-5-10)12(20)8-21-13-15-16-17-19(13)11-6-7-11/h2-5,11H,6-8,14H2,1H3. The van der Waals surface area contributed by atoms with Gasteiger partial charge in [0.1, 0.15) is 0 Å². The number of carbonyl (C=O) groups is 1. The van der Waals surface area contributed by atoms with Crippen molar-refractivity contribution >= 4 is 29.0 Å². The van der Waals surface area contributed by atoms with E-state index in [1.807, 2.05) is 12.1 Å². The molecule has 2 aromatic rings. The minimum atomic E-state index is -0.00452. The first-order chi connectivity index (χ1) is 10.1. The van der Waals surface area contributed by atoms with Crippen molar-refractivity contribution in [3.63, 3.8) is 0 Å². The maximum atomic E-state index is 12.2. The van der Waals surface area contributed by atoms with Crippen molar-refractivity contribution in [2.24, 2.45) is 0 Å². The monoisotopic (exact) mass is 304 g/mol. The van der Waals surface area contributed by atoms with E-state index in [0.29, 0.717) is 22.6 Å². The molecule has 1 heterocycles. The van der Waals surface area contributed by atoms with Crippen LogP contribution in [0.15, 0.2) is 29.4 Å². The third-order valence-electron chi connectivity index (χ3n) is 3.33. The van der Waals surface area contributed by atoms with E-state index in [4.69, 9.17) is 5.73 Å². The summed E-state index contributed by atoms with van der Waals surface area (Å²) in [5.74, 6) is 0.295. The highest BCUT2D eigenvalue weighted by molar-refractivity contribution is 7.99. The Kier molecular flexibility index (Phi) is 3.78. The highest BCUT2D eigenvalue weighted by Crippen LogP contribution is 2.36. The van der Waals surface area contributed by atoms with Crippen LogP contribution in [0.5, 0.6) is 0 Å².